The Kier molecular flexibility index (Phi) is 4.68. The molecule has 1 atom stereocenters. The minimum absolute atomic E-state index is 0.00104. The monoisotopic (exact) mass is 385 g/mol. The lowest BCUT2D eigenvalue weighted by atomic mass is 9.94. The van der Waals surface area contributed by atoms with Crippen LogP contribution in [0.15, 0.2) is 65.9 Å². The Morgan fingerprint density at radius 2 is 1.66 bits per heavy atom. The van der Waals surface area contributed by atoms with Gasteiger partial charge in [0.05, 0.1) is 23.3 Å². The zero-order chi connectivity index (χ0) is 19.6. The van der Waals surface area contributed by atoms with Crippen LogP contribution in [0.2, 0.25) is 0 Å². The van der Waals surface area contributed by atoms with E-state index in [4.69, 9.17) is 4.98 Å². The standard InChI is InChI=1S/C23H23N5O/c29-23(28-21(10-13-25-28)17-6-2-1-3-7-17)18-11-14-27(15-12-18)22-16-24-19-8-4-5-9-20(19)26-22/h1-9,13,16,18,21H,10-12,14-15H2. The molecule has 0 bridgehead atoms. The molecule has 0 spiro atoms. The van der Waals surface area contributed by atoms with Crippen LogP contribution in [-0.2, 0) is 4.79 Å². The van der Waals surface area contributed by atoms with Crippen molar-refractivity contribution in [1.29, 1.82) is 0 Å². The van der Waals surface area contributed by atoms with Crippen molar-refractivity contribution in [2.75, 3.05) is 18.0 Å². The van der Waals surface area contributed by atoms with Gasteiger partial charge in [-0.2, -0.15) is 5.10 Å². The van der Waals surface area contributed by atoms with E-state index in [2.05, 4.69) is 27.1 Å². The second kappa shape index (κ2) is 7.62. The number of hydrazone groups is 1. The summed E-state index contributed by atoms with van der Waals surface area (Å²) in [5, 5.41) is 6.10. The van der Waals surface area contributed by atoms with E-state index in [-0.39, 0.29) is 17.9 Å². The van der Waals surface area contributed by atoms with Gasteiger partial charge in [0.2, 0.25) is 5.91 Å². The number of fused-ring (bicyclic) bond motifs is 1. The summed E-state index contributed by atoms with van der Waals surface area (Å²) in [6.07, 6.45) is 6.08. The fourth-order valence-electron chi connectivity index (χ4n) is 4.22. The number of piperidine rings is 1. The van der Waals surface area contributed by atoms with Crippen molar-refractivity contribution < 1.29 is 4.79 Å². The summed E-state index contributed by atoms with van der Waals surface area (Å²) in [5.74, 6) is 1.02. The fraction of sp³-hybridized carbons (Fsp3) is 0.304. The van der Waals surface area contributed by atoms with E-state index in [0.29, 0.717) is 0 Å². The van der Waals surface area contributed by atoms with Crippen LogP contribution >= 0.6 is 0 Å². The summed E-state index contributed by atoms with van der Waals surface area (Å²) in [5.41, 5.74) is 2.95. The molecule has 2 aliphatic heterocycles. The maximum absolute atomic E-state index is 13.2. The summed E-state index contributed by atoms with van der Waals surface area (Å²) in [6.45, 7) is 1.61. The number of carbonyl (C=O) groups excluding carboxylic acids is 1. The molecule has 0 N–H and O–H groups in total. The molecule has 0 saturated carbocycles. The maximum Gasteiger partial charge on any atom is 0.246 e. The molecular weight excluding hydrogens is 362 g/mol. The molecule has 6 nitrogen and oxygen atoms in total. The number of para-hydroxylation sites is 2. The van der Waals surface area contributed by atoms with E-state index in [9.17, 15) is 4.79 Å². The van der Waals surface area contributed by atoms with Crippen molar-refractivity contribution in [3.63, 3.8) is 0 Å². The molecule has 2 aromatic carbocycles. The first-order chi connectivity index (χ1) is 14.3. The van der Waals surface area contributed by atoms with Crippen molar-refractivity contribution >= 4 is 29.0 Å². The van der Waals surface area contributed by atoms with Crippen LogP contribution in [0.3, 0.4) is 0 Å². The molecule has 0 aliphatic carbocycles. The van der Waals surface area contributed by atoms with Crippen molar-refractivity contribution in [3.8, 4) is 0 Å². The van der Waals surface area contributed by atoms with Gasteiger partial charge in [-0.05, 0) is 30.5 Å². The van der Waals surface area contributed by atoms with Gasteiger partial charge in [-0.15, -0.1) is 0 Å². The van der Waals surface area contributed by atoms with Gasteiger partial charge in [0.25, 0.3) is 0 Å². The van der Waals surface area contributed by atoms with Crippen molar-refractivity contribution in [2.24, 2.45) is 11.0 Å². The van der Waals surface area contributed by atoms with Crippen LogP contribution in [0.4, 0.5) is 5.82 Å². The Hall–Kier alpha value is -3.28. The number of hydrogen-bond donors (Lipinski definition) is 0. The van der Waals surface area contributed by atoms with Gasteiger partial charge >= 0.3 is 0 Å². The van der Waals surface area contributed by atoms with Gasteiger partial charge in [0.15, 0.2) is 0 Å². The zero-order valence-electron chi connectivity index (χ0n) is 16.2. The molecule has 1 fully saturated rings. The molecule has 1 aromatic heterocycles. The lowest BCUT2D eigenvalue weighted by Crippen LogP contribution is -2.41. The van der Waals surface area contributed by atoms with Crippen LogP contribution in [0.1, 0.15) is 30.9 Å². The normalized spacial score (nSPS) is 19.8. The molecule has 3 heterocycles. The number of anilines is 1. The highest BCUT2D eigenvalue weighted by molar-refractivity contribution is 5.82. The number of aromatic nitrogens is 2. The second-order valence-corrected chi connectivity index (χ2v) is 7.62. The van der Waals surface area contributed by atoms with Gasteiger partial charge in [0.1, 0.15) is 5.82 Å². The Morgan fingerprint density at radius 3 is 2.45 bits per heavy atom. The lowest BCUT2D eigenvalue weighted by molar-refractivity contribution is -0.138. The quantitative estimate of drug-likeness (QED) is 0.688. The minimum atomic E-state index is 0.00104. The Labute approximate surface area is 169 Å². The first kappa shape index (κ1) is 17.8. The lowest BCUT2D eigenvalue weighted by Gasteiger charge is -2.34. The predicted molar refractivity (Wildman–Crippen MR) is 114 cm³/mol. The van der Waals surface area contributed by atoms with E-state index in [1.807, 2.05) is 54.9 Å². The average molecular weight is 385 g/mol. The topological polar surface area (TPSA) is 61.7 Å². The molecule has 2 aliphatic rings. The number of nitrogens with zero attached hydrogens (tertiary/aromatic N) is 5. The first-order valence-corrected chi connectivity index (χ1v) is 10.2. The summed E-state index contributed by atoms with van der Waals surface area (Å²) in [4.78, 5) is 24.7. The second-order valence-electron chi connectivity index (χ2n) is 7.62. The number of hydrogen-bond acceptors (Lipinski definition) is 5. The van der Waals surface area contributed by atoms with Crippen molar-refractivity contribution in [2.45, 2.75) is 25.3 Å². The van der Waals surface area contributed by atoms with Gasteiger partial charge in [0, 0.05) is 31.6 Å². The molecule has 1 amide bonds. The smallest absolute Gasteiger partial charge is 0.246 e. The fourth-order valence-corrected chi connectivity index (χ4v) is 4.22. The summed E-state index contributed by atoms with van der Waals surface area (Å²) < 4.78 is 0. The Bertz CT molecular complexity index is 1040. The third-order valence-corrected chi connectivity index (χ3v) is 5.84. The number of carbonyl (C=O) groups is 1. The molecule has 146 valence electrons. The third-order valence-electron chi connectivity index (χ3n) is 5.84. The first-order valence-electron chi connectivity index (χ1n) is 10.2. The molecule has 3 aromatic rings. The van der Waals surface area contributed by atoms with Crippen LogP contribution in [0.5, 0.6) is 0 Å². The van der Waals surface area contributed by atoms with E-state index < -0.39 is 0 Å². The highest BCUT2D eigenvalue weighted by atomic mass is 16.2. The molecule has 1 unspecified atom stereocenters. The van der Waals surface area contributed by atoms with Gasteiger partial charge < -0.3 is 4.90 Å². The number of benzene rings is 2. The van der Waals surface area contributed by atoms with Crippen LogP contribution in [-0.4, -0.2) is 40.2 Å². The number of rotatable bonds is 3. The van der Waals surface area contributed by atoms with E-state index in [1.165, 1.54) is 0 Å². The van der Waals surface area contributed by atoms with Crippen molar-refractivity contribution in [3.05, 3.63) is 66.4 Å². The minimum Gasteiger partial charge on any atom is -0.355 e. The highest BCUT2D eigenvalue weighted by Gasteiger charge is 2.34. The van der Waals surface area contributed by atoms with Gasteiger partial charge in [-0.1, -0.05) is 42.5 Å². The van der Waals surface area contributed by atoms with E-state index in [0.717, 1.165) is 54.8 Å². The largest absolute Gasteiger partial charge is 0.355 e. The maximum atomic E-state index is 13.2. The molecule has 1 saturated heterocycles. The zero-order valence-corrected chi connectivity index (χ0v) is 16.2. The van der Waals surface area contributed by atoms with Crippen LogP contribution in [0, 0.1) is 5.92 Å². The van der Waals surface area contributed by atoms with Gasteiger partial charge in [-0.25, -0.2) is 9.99 Å². The third kappa shape index (κ3) is 3.46. The molecular formula is C23H23N5O. The average Bonchev–Trinajstić information content (AvgIpc) is 3.29. The van der Waals surface area contributed by atoms with Crippen LogP contribution in [0.25, 0.3) is 11.0 Å². The molecule has 0 radical (unpaired) electrons. The predicted octanol–water partition coefficient (Wildman–Crippen LogP) is 3.81. The molecule has 29 heavy (non-hydrogen) atoms. The Balaban J connectivity index is 1.26. The SMILES string of the molecule is O=C(C1CCN(c2cnc3ccccc3n2)CC1)N1N=CCC1c1ccccc1. The van der Waals surface area contributed by atoms with Crippen LogP contribution < -0.4 is 4.90 Å². The molecule has 5 rings (SSSR count). The number of amides is 1. The van der Waals surface area contributed by atoms with E-state index >= 15 is 0 Å². The summed E-state index contributed by atoms with van der Waals surface area (Å²) in [7, 11) is 0. The summed E-state index contributed by atoms with van der Waals surface area (Å²) in [6, 6.07) is 18.1. The van der Waals surface area contributed by atoms with Crippen molar-refractivity contribution in [1.82, 2.24) is 15.0 Å². The Morgan fingerprint density at radius 1 is 0.931 bits per heavy atom. The highest BCUT2D eigenvalue weighted by Crippen LogP contribution is 2.32. The van der Waals surface area contributed by atoms with Gasteiger partial charge in [-0.3, -0.25) is 9.78 Å². The summed E-state index contributed by atoms with van der Waals surface area (Å²) >= 11 is 0. The molecule has 6 heteroatoms. The van der Waals surface area contributed by atoms with E-state index in [1.54, 1.807) is 5.01 Å².